The number of hydrogen-bond acceptors (Lipinski definition) is 3. The number of benzene rings is 1. The van der Waals surface area contributed by atoms with Crippen LogP contribution in [0.3, 0.4) is 0 Å². The van der Waals surface area contributed by atoms with E-state index in [-0.39, 0.29) is 5.75 Å². The number of hydrogen-bond donors (Lipinski definition) is 1. The van der Waals surface area contributed by atoms with Gasteiger partial charge in [-0.25, -0.2) is 0 Å². The fourth-order valence-electron chi connectivity index (χ4n) is 3.04. The molecule has 0 aromatic heterocycles. The van der Waals surface area contributed by atoms with Crippen molar-refractivity contribution in [3.05, 3.63) is 22.2 Å². The molecule has 0 aliphatic carbocycles. The highest BCUT2D eigenvalue weighted by Gasteiger charge is 2.29. The van der Waals surface area contributed by atoms with E-state index < -0.39 is 0 Å². The van der Waals surface area contributed by atoms with Crippen LogP contribution in [0.1, 0.15) is 45.6 Å². The number of likely N-dealkylation sites (tertiary alicyclic amines) is 1. The Morgan fingerprint density at radius 2 is 2.10 bits per heavy atom. The molecule has 1 aliphatic heterocycles. The van der Waals surface area contributed by atoms with Crippen LogP contribution in [-0.2, 0) is 6.54 Å². The Bertz CT molecular complexity index is 464. The number of nitrogens with zero attached hydrogens (tertiary/aromatic N) is 1. The average Bonchev–Trinajstić information content (AvgIpc) is 2.77. The summed E-state index contributed by atoms with van der Waals surface area (Å²) >= 11 is 3.42. The monoisotopic (exact) mass is 341 g/mol. The van der Waals surface area contributed by atoms with Crippen LogP contribution in [0.2, 0.25) is 0 Å². The van der Waals surface area contributed by atoms with E-state index in [0.29, 0.717) is 28.9 Å². The van der Waals surface area contributed by atoms with Gasteiger partial charge in [-0.2, -0.15) is 0 Å². The molecule has 1 N–H and O–H groups in total. The summed E-state index contributed by atoms with van der Waals surface area (Å²) in [5, 5.41) is 9.98. The summed E-state index contributed by atoms with van der Waals surface area (Å²) in [4.78, 5) is 2.56. The van der Waals surface area contributed by atoms with Gasteiger partial charge in [0.05, 0.1) is 11.1 Å². The number of halogens is 1. The molecule has 1 aromatic rings. The second-order valence-corrected chi connectivity index (χ2v) is 6.37. The molecule has 112 valence electrons. The van der Waals surface area contributed by atoms with E-state index >= 15 is 0 Å². The maximum Gasteiger partial charge on any atom is 0.172 e. The van der Waals surface area contributed by atoms with Crippen molar-refractivity contribution >= 4 is 15.9 Å². The first kappa shape index (κ1) is 15.6. The van der Waals surface area contributed by atoms with Crippen LogP contribution in [-0.4, -0.2) is 28.7 Å². The van der Waals surface area contributed by atoms with Crippen molar-refractivity contribution < 1.29 is 9.84 Å². The zero-order chi connectivity index (χ0) is 14.7. The third kappa shape index (κ3) is 3.29. The first-order valence-electron chi connectivity index (χ1n) is 7.46. The lowest BCUT2D eigenvalue weighted by Gasteiger charge is -2.28. The summed E-state index contributed by atoms with van der Waals surface area (Å²) < 4.78 is 6.21. The van der Waals surface area contributed by atoms with Gasteiger partial charge in [0.1, 0.15) is 0 Å². The summed E-state index contributed by atoms with van der Waals surface area (Å²) in [6.07, 6.45) is 3.76. The lowest BCUT2D eigenvalue weighted by molar-refractivity contribution is 0.189. The summed E-state index contributed by atoms with van der Waals surface area (Å²) in [5.74, 6) is 0.758. The molecular formula is C16H24BrNO2. The molecule has 0 amide bonds. The molecular weight excluding hydrogens is 318 g/mol. The van der Waals surface area contributed by atoms with Crippen molar-refractivity contribution in [1.29, 1.82) is 0 Å². The second-order valence-electron chi connectivity index (χ2n) is 5.52. The molecule has 20 heavy (non-hydrogen) atoms. The van der Waals surface area contributed by atoms with Crippen LogP contribution < -0.4 is 4.74 Å². The Morgan fingerprint density at radius 3 is 2.75 bits per heavy atom. The second kappa shape index (κ2) is 6.81. The van der Waals surface area contributed by atoms with Crippen molar-refractivity contribution in [3.63, 3.8) is 0 Å². The van der Waals surface area contributed by atoms with Crippen molar-refractivity contribution in [2.24, 2.45) is 0 Å². The standard InChI is InChI=1S/C16H24BrNO2/c1-4-13-7-6-11(3)18(13)10-12-8-14(17)16(19)15(9-12)20-5-2/h8-9,11,13,19H,4-7,10H2,1-3H3. The van der Waals surface area contributed by atoms with E-state index in [9.17, 15) is 5.11 Å². The van der Waals surface area contributed by atoms with E-state index in [4.69, 9.17) is 4.74 Å². The summed E-state index contributed by atoms with van der Waals surface area (Å²) in [6.45, 7) is 7.96. The Balaban J connectivity index is 2.20. The minimum Gasteiger partial charge on any atom is -0.503 e. The van der Waals surface area contributed by atoms with E-state index in [2.05, 4.69) is 34.7 Å². The topological polar surface area (TPSA) is 32.7 Å². The quantitative estimate of drug-likeness (QED) is 0.865. The smallest absolute Gasteiger partial charge is 0.172 e. The molecule has 1 aliphatic rings. The Hall–Kier alpha value is -0.740. The molecule has 2 unspecified atom stereocenters. The highest BCUT2D eigenvalue weighted by Crippen LogP contribution is 2.37. The molecule has 2 atom stereocenters. The molecule has 0 bridgehead atoms. The molecule has 0 saturated carbocycles. The molecule has 2 rings (SSSR count). The van der Waals surface area contributed by atoms with Crippen LogP contribution in [0, 0.1) is 0 Å². The van der Waals surface area contributed by atoms with Crippen LogP contribution in [0.15, 0.2) is 16.6 Å². The lowest BCUT2D eigenvalue weighted by Crippen LogP contribution is -2.33. The maximum atomic E-state index is 9.98. The Labute approximate surface area is 130 Å². The van der Waals surface area contributed by atoms with Gasteiger partial charge in [0.15, 0.2) is 11.5 Å². The SMILES string of the molecule is CCOc1cc(CN2C(C)CCC2CC)cc(Br)c1O. The Kier molecular flexibility index (Phi) is 5.33. The third-order valence-electron chi connectivity index (χ3n) is 4.18. The number of phenols is 1. The fraction of sp³-hybridized carbons (Fsp3) is 0.625. The lowest BCUT2D eigenvalue weighted by atomic mass is 10.1. The molecule has 1 saturated heterocycles. The highest BCUT2D eigenvalue weighted by atomic mass is 79.9. The van der Waals surface area contributed by atoms with Crippen molar-refractivity contribution in [3.8, 4) is 11.5 Å². The van der Waals surface area contributed by atoms with Gasteiger partial charge in [0.2, 0.25) is 0 Å². The zero-order valence-electron chi connectivity index (χ0n) is 12.5. The minimum absolute atomic E-state index is 0.192. The summed E-state index contributed by atoms with van der Waals surface area (Å²) in [7, 11) is 0. The summed E-state index contributed by atoms with van der Waals surface area (Å²) in [6, 6.07) is 5.26. The van der Waals surface area contributed by atoms with Crippen molar-refractivity contribution in [2.45, 2.75) is 58.7 Å². The molecule has 0 radical (unpaired) electrons. The van der Waals surface area contributed by atoms with Gasteiger partial charge in [0, 0.05) is 18.6 Å². The number of ether oxygens (including phenoxy) is 1. The number of rotatable bonds is 5. The van der Waals surface area contributed by atoms with Crippen LogP contribution in [0.5, 0.6) is 11.5 Å². The van der Waals surface area contributed by atoms with Crippen molar-refractivity contribution in [2.75, 3.05) is 6.61 Å². The molecule has 4 heteroatoms. The molecule has 1 fully saturated rings. The number of phenolic OH excluding ortho intramolecular Hbond substituents is 1. The maximum absolute atomic E-state index is 9.98. The van der Waals surface area contributed by atoms with E-state index in [0.717, 1.165) is 6.54 Å². The van der Waals surface area contributed by atoms with Gasteiger partial charge in [-0.1, -0.05) is 6.92 Å². The predicted octanol–water partition coefficient (Wildman–Crippen LogP) is 4.32. The predicted molar refractivity (Wildman–Crippen MR) is 85.3 cm³/mol. The van der Waals surface area contributed by atoms with Crippen LogP contribution in [0.4, 0.5) is 0 Å². The normalized spacial score (nSPS) is 23.2. The van der Waals surface area contributed by atoms with Gasteiger partial charge < -0.3 is 9.84 Å². The van der Waals surface area contributed by atoms with Gasteiger partial charge in [0.25, 0.3) is 0 Å². The van der Waals surface area contributed by atoms with Gasteiger partial charge in [-0.05, 0) is 66.7 Å². The van der Waals surface area contributed by atoms with Gasteiger partial charge in [-0.15, -0.1) is 0 Å². The summed E-state index contributed by atoms with van der Waals surface area (Å²) in [5.41, 5.74) is 1.19. The number of aromatic hydroxyl groups is 1. The van der Waals surface area contributed by atoms with Crippen molar-refractivity contribution in [1.82, 2.24) is 4.90 Å². The Morgan fingerprint density at radius 1 is 1.35 bits per heavy atom. The third-order valence-corrected chi connectivity index (χ3v) is 4.78. The molecule has 1 heterocycles. The van der Waals surface area contributed by atoms with E-state index in [1.165, 1.54) is 24.8 Å². The van der Waals surface area contributed by atoms with E-state index in [1.807, 2.05) is 19.1 Å². The fourth-order valence-corrected chi connectivity index (χ4v) is 3.53. The first-order valence-corrected chi connectivity index (χ1v) is 8.26. The zero-order valence-corrected chi connectivity index (χ0v) is 14.1. The molecule has 0 spiro atoms. The van der Waals surface area contributed by atoms with E-state index in [1.54, 1.807) is 0 Å². The van der Waals surface area contributed by atoms with Crippen LogP contribution >= 0.6 is 15.9 Å². The van der Waals surface area contributed by atoms with Gasteiger partial charge >= 0.3 is 0 Å². The van der Waals surface area contributed by atoms with Gasteiger partial charge in [-0.3, -0.25) is 4.90 Å². The minimum atomic E-state index is 0.192. The largest absolute Gasteiger partial charge is 0.503 e. The molecule has 1 aromatic carbocycles. The van der Waals surface area contributed by atoms with Crippen LogP contribution in [0.25, 0.3) is 0 Å². The average molecular weight is 342 g/mol. The molecule has 3 nitrogen and oxygen atoms in total. The highest BCUT2D eigenvalue weighted by molar-refractivity contribution is 9.10. The first-order chi connectivity index (χ1) is 9.56.